The zero-order valence-electron chi connectivity index (χ0n) is 13.2. The number of anilines is 2. The number of urea groups is 1. The highest BCUT2D eigenvalue weighted by Gasteiger charge is 2.27. The minimum absolute atomic E-state index is 0.0723. The van der Waals surface area contributed by atoms with Gasteiger partial charge in [-0.2, -0.15) is 0 Å². The molecule has 0 bridgehead atoms. The van der Waals surface area contributed by atoms with E-state index in [1.807, 2.05) is 31.2 Å². The summed E-state index contributed by atoms with van der Waals surface area (Å²) < 4.78 is 5.77. The Kier molecular flexibility index (Phi) is 4.44. The highest BCUT2D eigenvalue weighted by atomic mass is 35.5. The van der Waals surface area contributed by atoms with Crippen LogP contribution in [0.3, 0.4) is 0 Å². The second-order valence-corrected chi connectivity index (χ2v) is 6.07. The molecule has 0 aromatic heterocycles. The number of rotatable bonds is 2. The first kappa shape index (κ1) is 15.7. The zero-order chi connectivity index (χ0) is 16.4. The third kappa shape index (κ3) is 3.42. The molecule has 0 saturated heterocycles. The number of fused-ring (bicyclic) bond motifs is 1. The number of amides is 2. The summed E-state index contributed by atoms with van der Waals surface area (Å²) in [6.45, 7) is 4.52. The Bertz CT molecular complexity index is 715. The summed E-state index contributed by atoms with van der Waals surface area (Å²) in [5.41, 5.74) is 2.70. The van der Waals surface area contributed by atoms with Crippen LogP contribution in [0.15, 0.2) is 42.5 Å². The first-order valence-electron chi connectivity index (χ1n) is 7.70. The maximum Gasteiger partial charge on any atom is 0.326 e. The number of nitrogens with one attached hydrogen (secondary N) is 1. The average molecular weight is 331 g/mol. The van der Waals surface area contributed by atoms with Crippen molar-refractivity contribution >= 4 is 29.0 Å². The van der Waals surface area contributed by atoms with E-state index in [0.29, 0.717) is 23.0 Å². The van der Waals surface area contributed by atoms with E-state index in [2.05, 4.69) is 12.2 Å². The Morgan fingerprint density at radius 2 is 2.04 bits per heavy atom. The second kappa shape index (κ2) is 6.50. The molecule has 1 heterocycles. The highest BCUT2D eigenvalue weighted by Crippen LogP contribution is 2.36. The number of aryl methyl sites for hydroxylation is 1. The van der Waals surface area contributed by atoms with E-state index in [0.717, 1.165) is 12.1 Å². The van der Waals surface area contributed by atoms with Crippen molar-refractivity contribution in [3.05, 3.63) is 53.1 Å². The molecule has 0 radical (unpaired) electrons. The van der Waals surface area contributed by atoms with Crippen LogP contribution >= 0.6 is 11.6 Å². The number of carbonyl (C=O) groups is 1. The van der Waals surface area contributed by atoms with Crippen molar-refractivity contribution in [2.24, 2.45) is 0 Å². The number of benzene rings is 2. The van der Waals surface area contributed by atoms with Gasteiger partial charge >= 0.3 is 6.03 Å². The van der Waals surface area contributed by atoms with Crippen LogP contribution in [0.2, 0.25) is 5.02 Å². The van der Waals surface area contributed by atoms with Crippen LogP contribution in [-0.4, -0.2) is 18.7 Å². The highest BCUT2D eigenvalue weighted by molar-refractivity contribution is 6.31. The monoisotopic (exact) mass is 330 g/mol. The fourth-order valence-corrected chi connectivity index (χ4v) is 2.78. The van der Waals surface area contributed by atoms with Crippen molar-refractivity contribution in [2.45, 2.75) is 26.4 Å². The zero-order valence-corrected chi connectivity index (χ0v) is 13.9. The van der Waals surface area contributed by atoms with Gasteiger partial charge in [-0.15, -0.1) is 0 Å². The van der Waals surface area contributed by atoms with Crippen LogP contribution in [0, 0.1) is 0 Å². The van der Waals surface area contributed by atoms with Gasteiger partial charge in [0, 0.05) is 10.7 Å². The molecule has 2 aromatic rings. The Hall–Kier alpha value is -2.20. The quantitative estimate of drug-likeness (QED) is 0.865. The van der Waals surface area contributed by atoms with Crippen molar-refractivity contribution < 1.29 is 9.53 Å². The summed E-state index contributed by atoms with van der Waals surface area (Å²) in [5.74, 6) is 0.671. The predicted molar refractivity (Wildman–Crippen MR) is 93.7 cm³/mol. The summed E-state index contributed by atoms with van der Waals surface area (Å²) in [6, 6.07) is 13.0. The third-order valence-electron chi connectivity index (χ3n) is 3.84. The molecular weight excluding hydrogens is 312 g/mol. The van der Waals surface area contributed by atoms with Gasteiger partial charge in [0.05, 0.1) is 12.2 Å². The molecule has 1 aliphatic rings. The van der Waals surface area contributed by atoms with Gasteiger partial charge < -0.3 is 10.1 Å². The van der Waals surface area contributed by atoms with E-state index >= 15 is 0 Å². The summed E-state index contributed by atoms with van der Waals surface area (Å²) >= 11 is 6.06. The lowest BCUT2D eigenvalue weighted by Gasteiger charge is -2.33. The van der Waals surface area contributed by atoms with Gasteiger partial charge in [-0.25, -0.2) is 4.79 Å². The van der Waals surface area contributed by atoms with Crippen LogP contribution in [0.5, 0.6) is 5.75 Å². The number of ether oxygens (including phenoxy) is 1. The van der Waals surface area contributed by atoms with Crippen LogP contribution in [0.4, 0.5) is 16.2 Å². The molecule has 0 fully saturated rings. The molecule has 5 heteroatoms. The Morgan fingerprint density at radius 1 is 1.30 bits per heavy atom. The van der Waals surface area contributed by atoms with Crippen molar-refractivity contribution in [3.8, 4) is 5.75 Å². The molecule has 1 atom stereocenters. The summed E-state index contributed by atoms with van der Waals surface area (Å²) in [5, 5.41) is 3.51. The largest absolute Gasteiger partial charge is 0.487 e. The molecular formula is C18H19ClN2O2. The van der Waals surface area contributed by atoms with Crippen LogP contribution in [-0.2, 0) is 6.42 Å². The average Bonchev–Trinajstić information content (AvgIpc) is 2.55. The van der Waals surface area contributed by atoms with Crippen LogP contribution in [0.1, 0.15) is 19.4 Å². The summed E-state index contributed by atoms with van der Waals surface area (Å²) in [6.07, 6.45) is 0.901. The minimum atomic E-state index is -0.187. The molecule has 0 spiro atoms. The molecule has 1 unspecified atom stereocenters. The van der Waals surface area contributed by atoms with Crippen molar-refractivity contribution in [1.82, 2.24) is 0 Å². The van der Waals surface area contributed by atoms with Crippen LogP contribution < -0.4 is 15.0 Å². The van der Waals surface area contributed by atoms with Gasteiger partial charge in [0.25, 0.3) is 0 Å². The van der Waals surface area contributed by atoms with Gasteiger partial charge in [-0.3, -0.25) is 4.90 Å². The topological polar surface area (TPSA) is 41.6 Å². The number of carbonyl (C=O) groups excluding carboxylic acids is 1. The van der Waals surface area contributed by atoms with Crippen molar-refractivity contribution in [2.75, 3.05) is 16.8 Å². The van der Waals surface area contributed by atoms with E-state index in [9.17, 15) is 4.79 Å². The molecule has 120 valence electrons. The molecule has 23 heavy (non-hydrogen) atoms. The lowest BCUT2D eigenvalue weighted by atomic mass is 10.1. The van der Waals surface area contributed by atoms with E-state index in [1.54, 1.807) is 23.1 Å². The molecule has 1 N–H and O–H groups in total. The third-order valence-corrected chi connectivity index (χ3v) is 4.07. The Morgan fingerprint density at radius 3 is 2.74 bits per heavy atom. The van der Waals surface area contributed by atoms with Crippen molar-refractivity contribution in [1.29, 1.82) is 0 Å². The summed E-state index contributed by atoms with van der Waals surface area (Å²) in [4.78, 5) is 14.3. The van der Waals surface area contributed by atoms with Gasteiger partial charge in [-0.1, -0.05) is 30.7 Å². The van der Waals surface area contributed by atoms with Gasteiger partial charge in [0.2, 0.25) is 0 Å². The van der Waals surface area contributed by atoms with E-state index in [4.69, 9.17) is 16.3 Å². The molecule has 0 aliphatic carbocycles. The van der Waals surface area contributed by atoms with E-state index in [1.165, 1.54) is 5.56 Å². The lowest BCUT2D eigenvalue weighted by molar-refractivity contribution is 0.208. The van der Waals surface area contributed by atoms with E-state index in [-0.39, 0.29) is 12.1 Å². The summed E-state index contributed by atoms with van der Waals surface area (Å²) in [7, 11) is 0. The first-order chi connectivity index (χ1) is 11.1. The maximum atomic E-state index is 12.7. The van der Waals surface area contributed by atoms with Gasteiger partial charge in [0.1, 0.15) is 11.9 Å². The second-order valence-electron chi connectivity index (χ2n) is 5.63. The molecule has 4 nitrogen and oxygen atoms in total. The predicted octanol–water partition coefficient (Wildman–Crippen LogP) is 4.72. The first-order valence-corrected chi connectivity index (χ1v) is 8.08. The number of nitrogens with zero attached hydrogens (tertiary/aromatic N) is 1. The minimum Gasteiger partial charge on any atom is -0.487 e. The lowest BCUT2D eigenvalue weighted by Crippen LogP contribution is -2.44. The smallest absolute Gasteiger partial charge is 0.326 e. The van der Waals surface area contributed by atoms with Crippen molar-refractivity contribution in [3.63, 3.8) is 0 Å². The SMILES string of the molecule is CCc1ccc(NC(=O)N2CC(C)Oc3ccc(Cl)cc32)cc1. The fourth-order valence-electron chi connectivity index (χ4n) is 2.62. The van der Waals surface area contributed by atoms with E-state index < -0.39 is 0 Å². The molecule has 3 rings (SSSR count). The molecule has 2 amide bonds. The fraction of sp³-hybridized carbons (Fsp3) is 0.278. The Labute approximate surface area is 141 Å². The Balaban J connectivity index is 1.83. The normalized spacial score (nSPS) is 16.5. The number of hydrogen-bond donors (Lipinski definition) is 1. The number of halogens is 1. The molecule has 0 saturated carbocycles. The van der Waals surface area contributed by atoms with Gasteiger partial charge in [0.15, 0.2) is 0 Å². The number of hydrogen-bond acceptors (Lipinski definition) is 2. The molecule has 1 aliphatic heterocycles. The maximum absolute atomic E-state index is 12.7. The molecule has 2 aromatic carbocycles. The standard InChI is InChI=1S/C18H19ClN2O2/c1-3-13-4-7-15(8-5-13)20-18(22)21-11-12(2)23-17-9-6-14(19)10-16(17)21/h4-10,12H,3,11H2,1-2H3,(H,20,22). The van der Waals surface area contributed by atoms with Gasteiger partial charge in [-0.05, 0) is 49.2 Å². The van der Waals surface area contributed by atoms with Crippen LogP contribution in [0.25, 0.3) is 0 Å².